The predicted octanol–water partition coefficient (Wildman–Crippen LogP) is 6.37. The van der Waals surface area contributed by atoms with Crippen LogP contribution in [0.15, 0.2) is 54.6 Å². The van der Waals surface area contributed by atoms with Gasteiger partial charge in [0, 0.05) is 24.7 Å². The maximum absolute atomic E-state index is 12.7. The molecule has 9 nitrogen and oxygen atoms in total. The average molecular weight is 616 g/mol. The molecule has 3 aromatic rings. The number of fused-ring (bicyclic) bond motifs is 1. The minimum Gasteiger partial charge on any atom is -0.481 e. The SMILES string of the molecule is COC(C)OCOc1cc2ccc(-c3ccc(C(=O)N[C@@H](CCC(=O)O)C(=O)O)cc3)cc2cc1C12CC3CC(CC(C3)C1)C2. The Morgan fingerprint density at radius 2 is 1.53 bits per heavy atom. The number of hydrogen-bond donors (Lipinski definition) is 3. The smallest absolute Gasteiger partial charge is 0.326 e. The van der Waals surface area contributed by atoms with E-state index < -0.39 is 23.9 Å². The van der Waals surface area contributed by atoms with Crippen LogP contribution in [-0.4, -0.2) is 54.3 Å². The summed E-state index contributed by atoms with van der Waals surface area (Å²) in [6, 6.07) is 16.5. The summed E-state index contributed by atoms with van der Waals surface area (Å²) in [5, 5.41) is 22.9. The van der Waals surface area contributed by atoms with Gasteiger partial charge in [-0.15, -0.1) is 0 Å². The molecule has 4 saturated carbocycles. The maximum atomic E-state index is 12.7. The topological polar surface area (TPSA) is 131 Å². The summed E-state index contributed by atoms with van der Waals surface area (Å²) >= 11 is 0. The number of hydrogen-bond acceptors (Lipinski definition) is 6. The van der Waals surface area contributed by atoms with Gasteiger partial charge in [-0.25, -0.2) is 4.79 Å². The molecule has 0 spiro atoms. The number of aliphatic carboxylic acids is 2. The summed E-state index contributed by atoms with van der Waals surface area (Å²) < 4.78 is 17.3. The molecule has 4 aliphatic rings. The van der Waals surface area contributed by atoms with E-state index in [1.807, 2.05) is 25.1 Å². The summed E-state index contributed by atoms with van der Waals surface area (Å²) in [7, 11) is 1.61. The van der Waals surface area contributed by atoms with E-state index in [1.165, 1.54) is 44.1 Å². The van der Waals surface area contributed by atoms with E-state index >= 15 is 0 Å². The van der Waals surface area contributed by atoms with Gasteiger partial charge in [0.25, 0.3) is 5.91 Å². The third-order valence-corrected chi connectivity index (χ3v) is 10.1. The van der Waals surface area contributed by atoms with Crippen LogP contribution in [0.5, 0.6) is 5.75 Å². The number of methoxy groups -OCH3 is 1. The van der Waals surface area contributed by atoms with Gasteiger partial charge >= 0.3 is 11.9 Å². The number of amides is 1. The highest BCUT2D eigenvalue weighted by molar-refractivity contribution is 5.97. The largest absolute Gasteiger partial charge is 0.481 e. The Balaban J connectivity index is 1.27. The van der Waals surface area contributed by atoms with Gasteiger partial charge in [-0.1, -0.05) is 24.3 Å². The van der Waals surface area contributed by atoms with Crippen LogP contribution in [0, 0.1) is 17.8 Å². The molecule has 4 fully saturated rings. The number of rotatable bonds is 13. The van der Waals surface area contributed by atoms with Crippen molar-refractivity contribution < 1.29 is 38.8 Å². The first-order valence-electron chi connectivity index (χ1n) is 15.8. The van der Waals surface area contributed by atoms with Crippen LogP contribution in [0.3, 0.4) is 0 Å². The van der Waals surface area contributed by atoms with Gasteiger partial charge in [0.2, 0.25) is 0 Å². The molecule has 2 atom stereocenters. The lowest BCUT2D eigenvalue weighted by molar-refractivity contribution is -0.150. The second-order valence-electron chi connectivity index (χ2n) is 13.2. The van der Waals surface area contributed by atoms with E-state index in [9.17, 15) is 19.5 Å². The van der Waals surface area contributed by atoms with E-state index in [0.29, 0.717) is 5.56 Å². The van der Waals surface area contributed by atoms with Gasteiger partial charge in [-0.05, 0) is 127 Å². The molecule has 9 heteroatoms. The number of ether oxygens (including phenoxy) is 3. The van der Waals surface area contributed by atoms with Crippen molar-refractivity contribution in [2.24, 2.45) is 17.8 Å². The average Bonchev–Trinajstić information content (AvgIpc) is 3.01. The molecule has 1 amide bonds. The van der Waals surface area contributed by atoms with Crippen molar-refractivity contribution in [3.05, 3.63) is 65.7 Å². The number of benzene rings is 3. The number of carboxylic acid groups (broad SMARTS) is 2. The highest BCUT2D eigenvalue weighted by atomic mass is 16.7. The first-order chi connectivity index (χ1) is 21.6. The summed E-state index contributed by atoms with van der Waals surface area (Å²) in [5.74, 6) is 0.303. The lowest BCUT2D eigenvalue weighted by Gasteiger charge is -2.57. The van der Waals surface area contributed by atoms with Crippen molar-refractivity contribution in [1.29, 1.82) is 0 Å². The highest BCUT2D eigenvalue weighted by Crippen LogP contribution is 2.62. The van der Waals surface area contributed by atoms with Crippen molar-refractivity contribution in [1.82, 2.24) is 5.32 Å². The fraction of sp³-hybridized carbons (Fsp3) is 0.472. The van der Waals surface area contributed by atoms with Crippen molar-refractivity contribution in [3.63, 3.8) is 0 Å². The minimum absolute atomic E-state index is 0.116. The second kappa shape index (κ2) is 12.8. The van der Waals surface area contributed by atoms with Crippen molar-refractivity contribution >= 4 is 28.6 Å². The van der Waals surface area contributed by atoms with E-state index in [4.69, 9.17) is 19.3 Å². The van der Waals surface area contributed by atoms with Gasteiger partial charge < -0.3 is 29.7 Å². The van der Waals surface area contributed by atoms with Crippen molar-refractivity contribution in [3.8, 4) is 16.9 Å². The third kappa shape index (κ3) is 6.70. The van der Waals surface area contributed by atoms with Gasteiger partial charge in [0.1, 0.15) is 11.8 Å². The van der Waals surface area contributed by atoms with Crippen molar-refractivity contribution in [2.45, 2.75) is 76.0 Å². The molecule has 3 N–H and O–H groups in total. The number of carbonyl (C=O) groups is 3. The quantitative estimate of drug-likeness (QED) is 0.189. The first-order valence-corrected chi connectivity index (χ1v) is 15.8. The Labute approximate surface area is 262 Å². The number of nitrogens with one attached hydrogen (secondary N) is 1. The molecule has 45 heavy (non-hydrogen) atoms. The molecule has 0 heterocycles. The third-order valence-electron chi connectivity index (χ3n) is 10.1. The number of carboxylic acids is 2. The zero-order valence-electron chi connectivity index (χ0n) is 25.8. The van der Waals surface area contributed by atoms with E-state index in [0.717, 1.165) is 45.4 Å². The molecule has 3 aromatic carbocycles. The van der Waals surface area contributed by atoms with Gasteiger partial charge in [-0.3, -0.25) is 9.59 Å². The molecule has 4 bridgehead atoms. The van der Waals surface area contributed by atoms with E-state index in [2.05, 4.69) is 29.6 Å². The van der Waals surface area contributed by atoms with Crippen LogP contribution in [0.2, 0.25) is 0 Å². The van der Waals surface area contributed by atoms with Crippen LogP contribution in [0.25, 0.3) is 21.9 Å². The van der Waals surface area contributed by atoms with Crippen LogP contribution in [-0.2, 0) is 24.5 Å². The first kappa shape index (κ1) is 31.0. The molecular formula is C36H41NO8. The minimum atomic E-state index is -1.28. The summed E-state index contributed by atoms with van der Waals surface area (Å²) in [5.41, 5.74) is 3.63. The predicted molar refractivity (Wildman–Crippen MR) is 168 cm³/mol. The fourth-order valence-electron chi connectivity index (χ4n) is 8.27. The molecule has 7 rings (SSSR count). The number of carbonyl (C=O) groups excluding carboxylic acids is 1. The maximum Gasteiger partial charge on any atom is 0.326 e. The Bertz CT molecular complexity index is 1550. The molecule has 0 saturated heterocycles. The van der Waals surface area contributed by atoms with Crippen LogP contribution < -0.4 is 10.1 Å². The monoisotopic (exact) mass is 615 g/mol. The molecule has 0 aliphatic heterocycles. The Morgan fingerprint density at radius 1 is 0.889 bits per heavy atom. The van der Waals surface area contributed by atoms with E-state index in [1.54, 1.807) is 19.2 Å². The fourth-order valence-corrected chi connectivity index (χ4v) is 8.27. The molecule has 238 valence electrons. The lowest BCUT2D eigenvalue weighted by atomic mass is 9.48. The lowest BCUT2D eigenvalue weighted by Crippen LogP contribution is -2.48. The Morgan fingerprint density at radius 3 is 2.13 bits per heavy atom. The molecular weight excluding hydrogens is 574 g/mol. The summed E-state index contributed by atoms with van der Waals surface area (Å²) in [6.45, 7) is 1.96. The zero-order valence-corrected chi connectivity index (χ0v) is 25.8. The second-order valence-corrected chi connectivity index (χ2v) is 13.2. The van der Waals surface area contributed by atoms with Crippen LogP contribution in [0.4, 0.5) is 0 Å². The van der Waals surface area contributed by atoms with Gasteiger partial charge in [0.05, 0.1) is 0 Å². The van der Waals surface area contributed by atoms with Crippen LogP contribution >= 0.6 is 0 Å². The van der Waals surface area contributed by atoms with Crippen molar-refractivity contribution in [2.75, 3.05) is 13.9 Å². The Hall–Kier alpha value is -3.95. The normalized spacial score (nSPS) is 24.7. The summed E-state index contributed by atoms with van der Waals surface area (Å²) in [4.78, 5) is 35.1. The highest BCUT2D eigenvalue weighted by Gasteiger charge is 2.52. The Kier molecular flexibility index (Phi) is 8.84. The molecule has 1 unspecified atom stereocenters. The van der Waals surface area contributed by atoms with Gasteiger partial charge in [-0.2, -0.15) is 0 Å². The standard InChI is InChI=1S/C36H41NO8/c1-21(43-2)44-20-45-32-16-28-8-7-27(14-29(28)15-30(32)36-17-22-11-23(18-36)13-24(12-22)19-36)25-3-5-26(6-4-25)34(40)37-31(35(41)42)9-10-33(38)39/h3-8,14-16,21-24,31H,9-13,17-20H2,1-2H3,(H,37,40)(H,38,39)(H,41,42)/t21?,22?,23?,24?,31-,36?/m0/s1. The molecule has 0 radical (unpaired) electrons. The molecule has 4 aliphatic carbocycles. The van der Waals surface area contributed by atoms with E-state index in [-0.39, 0.29) is 31.3 Å². The zero-order chi connectivity index (χ0) is 31.7. The summed E-state index contributed by atoms with van der Waals surface area (Å²) in [6.07, 6.45) is 6.79. The van der Waals surface area contributed by atoms with Gasteiger partial charge in [0.15, 0.2) is 13.1 Å². The van der Waals surface area contributed by atoms with Crippen LogP contribution in [0.1, 0.15) is 74.2 Å². The molecule has 0 aromatic heterocycles.